The summed E-state index contributed by atoms with van der Waals surface area (Å²) in [5, 5.41) is 0. The van der Waals surface area contributed by atoms with Crippen molar-refractivity contribution in [1.82, 2.24) is 4.90 Å². The van der Waals surface area contributed by atoms with Crippen molar-refractivity contribution in [3.63, 3.8) is 0 Å². The molecular formula is C25H29NO4S2. The lowest BCUT2D eigenvalue weighted by Crippen LogP contribution is -2.27. The Morgan fingerprint density at radius 2 is 1.75 bits per heavy atom. The van der Waals surface area contributed by atoms with Crippen molar-refractivity contribution in [3.05, 3.63) is 58.0 Å². The molecule has 0 aromatic heterocycles. The van der Waals surface area contributed by atoms with Crippen LogP contribution in [0.1, 0.15) is 37.0 Å². The van der Waals surface area contributed by atoms with E-state index in [0.29, 0.717) is 47.1 Å². The van der Waals surface area contributed by atoms with Gasteiger partial charge in [0.25, 0.3) is 5.91 Å². The van der Waals surface area contributed by atoms with Gasteiger partial charge in [-0.3, -0.25) is 9.69 Å². The number of hydrogen-bond acceptors (Lipinski definition) is 6. The van der Waals surface area contributed by atoms with E-state index in [0.717, 1.165) is 17.7 Å². The molecule has 0 saturated carbocycles. The Hall–Kier alpha value is -2.51. The van der Waals surface area contributed by atoms with E-state index in [2.05, 4.69) is 26.0 Å². The number of hydrogen-bond donors (Lipinski definition) is 0. The number of carbonyl (C=O) groups excluding carboxylic acids is 1. The first kappa shape index (κ1) is 24.1. The minimum absolute atomic E-state index is 0.0513. The van der Waals surface area contributed by atoms with Crippen molar-refractivity contribution in [1.29, 1.82) is 0 Å². The van der Waals surface area contributed by atoms with Crippen LogP contribution in [-0.2, 0) is 4.79 Å². The Labute approximate surface area is 199 Å². The maximum absolute atomic E-state index is 12.5. The Bertz CT molecular complexity index is 1020. The fourth-order valence-corrected chi connectivity index (χ4v) is 4.54. The summed E-state index contributed by atoms with van der Waals surface area (Å²) in [6, 6.07) is 11.8. The smallest absolute Gasteiger partial charge is 0.266 e. The van der Waals surface area contributed by atoms with E-state index in [4.69, 9.17) is 26.4 Å². The lowest BCUT2D eigenvalue weighted by atomic mass is 10.1. The monoisotopic (exact) mass is 471 g/mol. The molecule has 1 aliphatic heterocycles. The van der Waals surface area contributed by atoms with Gasteiger partial charge in [0.1, 0.15) is 10.1 Å². The van der Waals surface area contributed by atoms with Gasteiger partial charge in [-0.15, -0.1) is 0 Å². The number of amides is 1. The third kappa shape index (κ3) is 6.04. The lowest BCUT2D eigenvalue weighted by Gasteiger charge is -2.13. The van der Waals surface area contributed by atoms with E-state index in [9.17, 15) is 4.79 Å². The van der Waals surface area contributed by atoms with Gasteiger partial charge in [-0.1, -0.05) is 36.1 Å². The summed E-state index contributed by atoms with van der Waals surface area (Å²) >= 11 is 6.61. The van der Waals surface area contributed by atoms with Crippen LogP contribution in [0.2, 0.25) is 0 Å². The van der Waals surface area contributed by atoms with E-state index in [1.54, 1.807) is 4.90 Å². The molecule has 7 heteroatoms. The maximum Gasteiger partial charge on any atom is 0.266 e. The second-order valence-corrected chi connectivity index (χ2v) is 9.04. The van der Waals surface area contributed by atoms with Crippen LogP contribution in [0.3, 0.4) is 0 Å². The SMILES string of the molecule is CCOc1cc(/C=C2/SC(=S)N(CC)C2=O)ccc1OCCCOc1ccc(C)c(C)c1. The molecule has 0 bridgehead atoms. The summed E-state index contributed by atoms with van der Waals surface area (Å²) in [6.45, 7) is 10.2. The molecule has 1 amide bonds. The second-order valence-electron chi connectivity index (χ2n) is 7.36. The molecule has 32 heavy (non-hydrogen) atoms. The van der Waals surface area contributed by atoms with Crippen molar-refractivity contribution < 1.29 is 19.0 Å². The van der Waals surface area contributed by atoms with Crippen LogP contribution < -0.4 is 14.2 Å². The fourth-order valence-electron chi connectivity index (χ4n) is 3.16. The third-order valence-electron chi connectivity index (χ3n) is 5.05. The number of carbonyl (C=O) groups is 1. The minimum atomic E-state index is -0.0513. The van der Waals surface area contributed by atoms with Gasteiger partial charge in [0, 0.05) is 13.0 Å². The molecule has 0 radical (unpaired) electrons. The van der Waals surface area contributed by atoms with Crippen molar-refractivity contribution in [2.45, 2.75) is 34.1 Å². The van der Waals surface area contributed by atoms with Gasteiger partial charge in [-0.25, -0.2) is 0 Å². The Balaban J connectivity index is 1.58. The third-order valence-corrected chi connectivity index (χ3v) is 6.43. The zero-order valence-corrected chi connectivity index (χ0v) is 20.6. The van der Waals surface area contributed by atoms with Crippen LogP contribution in [0, 0.1) is 13.8 Å². The maximum atomic E-state index is 12.5. The largest absolute Gasteiger partial charge is 0.493 e. The number of thioether (sulfide) groups is 1. The van der Waals surface area contributed by atoms with Crippen LogP contribution in [0.25, 0.3) is 6.08 Å². The predicted octanol–water partition coefficient (Wildman–Crippen LogP) is 5.77. The second kappa shape index (κ2) is 11.4. The van der Waals surface area contributed by atoms with Crippen molar-refractivity contribution in [2.75, 3.05) is 26.4 Å². The molecule has 2 aromatic carbocycles. The molecule has 3 rings (SSSR count). The Kier molecular flexibility index (Phi) is 8.59. The number of thiocarbonyl (C=S) groups is 1. The highest BCUT2D eigenvalue weighted by Gasteiger charge is 2.30. The number of benzene rings is 2. The number of aryl methyl sites for hydroxylation is 2. The van der Waals surface area contributed by atoms with E-state index >= 15 is 0 Å². The van der Waals surface area contributed by atoms with Gasteiger partial charge < -0.3 is 14.2 Å². The van der Waals surface area contributed by atoms with Crippen LogP contribution in [0.4, 0.5) is 0 Å². The summed E-state index contributed by atoms with van der Waals surface area (Å²) in [4.78, 5) is 14.7. The lowest BCUT2D eigenvalue weighted by molar-refractivity contribution is -0.121. The van der Waals surface area contributed by atoms with E-state index < -0.39 is 0 Å². The van der Waals surface area contributed by atoms with Gasteiger partial charge >= 0.3 is 0 Å². The predicted molar refractivity (Wildman–Crippen MR) is 135 cm³/mol. The molecule has 0 N–H and O–H groups in total. The van der Waals surface area contributed by atoms with Gasteiger partial charge in [0.15, 0.2) is 11.5 Å². The minimum Gasteiger partial charge on any atom is -0.493 e. The van der Waals surface area contributed by atoms with Crippen LogP contribution in [0.5, 0.6) is 17.2 Å². The summed E-state index contributed by atoms with van der Waals surface area (Å²) in [5.74, 6) is 2.16. The summed E-state index contributed by atoms with van der Waals surface area (Å²) in [6.07, 6.45) is 2.60. The average molecular weight is 472 g/mol. The number of rotatable bonds is 10. The van der Waals surface area contributed by atoms with E-state index in [1.165, 1.54) is 22.9 Å². The average Bonchev–Trinajstić information content (AvgIpc) is 3.04. The van der Waals surface area contributed by atoms with Gasteiger partial charge in [0.2, 0.25) is 0 Å². The van der Waals surface area contributed by atoms with Crippen LogP contribution >= 0.6 is 24.0 Å². The van der Waals surface area contributed by atoms with Crippen molar-refractivity contribution in [3.8, 4) is 17.2 Å². The molecule has 2 aromatic rings. The molecule has 0 atom stereocenters. The topological polar surface area (TPSA) is 48.0 Å². The highest BCUT2D eigenvalue weighted by Crippen LogP contribution is 2.34. The van der Waals surface area contributed by atoms with Crippen molar-refractivity contribution >= 4 is 40.3 Å². The quantitative estimate of drug-likeness (QED) is 0.249. The summed E-state index contributed by atoms with van der Waals surface area (Å²) in [7, 11) is 0. The normalized spacial score (nSPS) is 14.9. The van der Waals surface area contributed by atoms with Crippen LogP contribution in [0.15, 0.2) is 41.3 Å². The first-order valence-corrected chi connectivity index (χ1v) is 12.0. The molecule has 170 valence electrons. The standard InChI is InChI=1S/C25H29NO4S2/c1-5-26-24(27)23(32-25(26)31)16-19-9-11-21(22(15-19)28-6-2)30-13-7-12-29-20-10-8-17(3)18(4)14-20/h8-11,14-16H,5-7,12-13H2,1-4H3/b23-16+. The molecule has 1 heterocycles. The van der Waals surface area contributed by atoms with Gasteiger partial charge in [0.05, 0.1) is 24.7 Å². The number of likely N-dealkylation sites (N-methyl/N-ethyl adjacent to an activating group) is 1. The molecule has 0 aliphatic carbocycles. The van der Waals surface area contributed by atoms with Gasteiger partial charge in [-0.2, -0.15) is 0 Å². The number of nitrogens with zero attached hydrogens (tertiary/aromatic N) is 1. The molecule has 5 nitrogen and oxygen atoms in total. The summed E-state index contributed by atoms with van der Waals surface area (Å²) < 4.78 is 18.1. The highest BCUT2D eigenvalue weighted by molar-refractivity contribution is 8.26. The molecular weight excluding hydrogens is 442 g/mol. The van der Waals surface area contributed by atoms with Gasteiger partial charge in [-0.05, 0) is 74.7 Å². The fraction of sp³-hybridized carbons (Fsp3) is 0.360. The first-order valence-electron chi connectivity index (χ1n) is 10.8. The highest BCUT2D eigenvalue weighted by atomic mass is 32.2. The zero-order valence-electron chi connectivity index (χ0n) is 19.0. The zero-order chi connectivity index (χ0) is 23.1. The molecule has 1 fully saturated rings. The van der Waals surface area contributed by atoms with Crippen LogP contribution in [-0.4, -0.2) is 41.5 Å². The molecule has 0 spiro atoms. The van der Waals surface area contributed by atoms with E-state index in [-0.39, 0.29) is 5.91 Å². The Morgan fingerprint density at radius 1 is 0.969 bits per heavy atom. The Morgan fingerprint density at radius 3 is 2.44 bits per heavy atom. The summed E-state index contributed by atoms with van der Waals surface area (Å²) in [5.41, 5.74) is 3.34. The first-order chi connectivity index (χ1) is 15.4. The molecule has 0 unspecified atom stereocenters. The molecule has 1 aliphatic rings. The molecule has 1 saturated heterocycles. The van der Waals surface area contributed by atoms with E-state index in [1.807, 2.05) is 44.2 Å². The number of ether oxygens (including phenoxy) is 3. The van der Waals surface area contributed by atoms with Crippen molar-refractivity contribution in [2.24, 2.45) is 0 Å².